The molecule has 2 amide bonds. The lowest BCUT2D eigenvalue weighted by Crippen LogP contribution is -2.32. The van der Waals surface area contributed by atoms with Gasteiger partial charge in [-0.25, -0.2) is 18.0 Å². The molecule has 0 heterocycles. The molecule has 0 atom stereocenters. The molecule has 0 aliphatic heterocycles. The molecule has 116 valence electrons. The lowest BCUT2D eigenvalue weighted by atomic mass is 10.3. The summed E-state index contributed by atoms with van der Waals surface area (Å²) >= 11 is 0. The van der Waals surface area contributed by atoms with Gasteiger partial charge in [-0.1, -0.05) is 0 Å². The second kappa shape index (κ2) is 7.35. The summed E-state index contributed by atoms with van der Waals surface area (Å²) in [5.41, 5.74) is 0.435. The third-order valence-corrected chi connectivity index (χ3v) is 2.64. The van der Waals surface area contributed by atoms with Crippen molar-refractivity contribution in [2.24, 2.45) is 0 Å². The first-order chi connectivity index (χ1) is 10.5. The number of hydrogen-bond acceptors (Lipinski definition) is 2. The first-order valence-corrected chi connectivity index (χ1v) is 6.43. The van der Waals surface area contributed by atoms with E-state index in [-0.39, 0.29) is 18.9 Å². The number of benzene rings is 2. The van der Waals surface area contributed by atoms with Gasteiger partial charge in [-0.2, -0.15) is 0 Å². The van der Waals surface area contributed by atoms with Gasteiger partial charge in [0.25, 0.3) is 0 Å². The van der Waals surface area contributed by atoms with Crippen molar-refractivity contribution in [1.29, 1.82) is 0 Å². The molecule has 22 heavy (non-hydrogen) atoms. The number of hydrogen-bond donors (Lipinski definition) is 2. The van der Waals surface area contributed by atoms with Crippen LogP contribution in [0.3, 0.4) is 0 Å². The highest BCUT2D eigenvalue weighted by molar-refractivity contribution is 5.89. The average molecular weight is 310 g/mol. The number of nitrogens with one attached hydrogen (secondary N) is 2. The van der Waals surface area contributed by atoms with Crippen LogP contribution in [0.2, 0.25) is 0 Å². The Labute approximate surface area is 124 Å². The maximum atomic E-state index is 13.3. The molecule has 0 saturated heterocycles. The largest absolute Gasteiger partial charge is 0.489 e. The number of carbonyl (C=O) groups is 1. The monoisotopic (exact) mass is 310 g/mol. The van der Waals surface area contributed by atoms with Gasteiger partial charge >= 0.3 is 6.03 Å². The van der Waals surface area contributed by atoms with Gasteiger partial charge in [0.15, 0.2) is 11.6 Å². The fraction of sp³-hybridized carbons (Fsp3) is 0.133. The Kier molecular flexibility index (Phi) is 5.24. The van der Waals surface area contributed by atoms with E-state index in [0.29, 0.717) is 11.8 Å². The topological polar surface area (TPSA) is 50.4 Å². The molecule has 0 aliphatic carbocycles. The molecule has 4 nitrogen and oxygen atoms in total. The number of rotatable bonds is 5. The standard InChI is InChI=1S/C15H13F3N2O2/c16-10-1-4-12(5-2-10)20-15(21)19-7-8-22-14-6-3-11(17)9-13(14)18/h1-6,9H,7-8H2,(H2,19,20,21). The zero-order valence-electron chi connectivity index (χ0n) is 11.4. The Morgan fingerprint density at radius 2 is 1.68 bits per heavy atom. The van der Waals surface area contributed by atoms with Crippen LogP contribution in [0, 0.1) is 17.5 Å². The molecule has 2 aromatic rings. The third-order valence-electron chi connectivity index (χ3n) is 2.64. The van der Waals surface area contributed by atoms with Crippen molar-refractivity contribution in [1.82, 2.24) is 5.32 Å². The van der Waals surface area contributed by atoms with Gasteiger partial charge < -0.3 is 15.4 Å². The van der Waals surface area contributed by atoms with Crippen molar-refractivity contribution in [2.75, 3.05) is 18.5 Å². The highest BCUT2D eigenvalue weighted by Gasteiger charge is 2.05. The van der Waals surface area contributed by atoms with Crippen LogP contribution in [-0.4, -0.2) is 19.2 Å². The SMILES string of the molecule is O=C(NCCOc1ccc(F)cc1F)Nc1ccc(F)cc1. The third kappa shape index (κ3) is 4.69. The number of urea groups is 1. The van der Waals surface area contributed by atoms with E-state index < -0.39 is 23.5 Å². The molecule has 0 radical (unpaired) electrons. The van der Waals surface area contributed by atoms with Gasteiger partial charge in [-0.3, -0.25) is 0 Å². The summed E-state index contributed by atoms with van der Waals surface area (Å²) in [5.74, 6) is -2.00. The average Bonchev–Trinajstić information content (AvgIpc) is 2.48. The minimum absolute atomic E-state index is 0.0133. The van der Waals surface area contributed by atoms with E-state index in [9.17, 15) is 18.0 Å². The molecule has 0 spiro atoms. The summed E-state index contributed by atoms with van der Waals surface area (Å²) in [6, 6.07) is 7.72. The molecule has 0 unspecified atom stereocenters. The van der Waals surface area contributed by atoms with E-state index in [2.05, 4.69) is 10.6 Å². The smallest absolute Gasteiger partial charge is 0.319 e. The van der Waals surface area contributed by atoms with Gasteiger partial charge in [0, 0.05) is 11.8 Å². The maximum absolute atomic E-state index is 13.3. The van der Waals surface area contributed by atoms with Crippen LogP contribution >= 0.6 is 0 Å². The molecule has 2 N–H and O–H groups in total. The number of anilines is 1. The molecule has 0 aliphatic rings. The highest BCUT2D eigenvalue weighted by Crippen LogP contribution is 2.17. The van der Waals surface area contributed by atoms with Gasteiger partial charge in [0.2, 0.25) is 0 Å². The van der Waals surface area contributed by atoms with Crippen LogP contribution in [0.1, 0.15) is 0 Å². The van der Waals surface area contributed by atoms with Crippen LogP contribution in [0.25, 0.3) is 0 Å². The van der Waals surface area contributed by atoms with E-state index in [4.69, 9.17) is 4.74 Å². The Morgan fingerprint density at radius 3 is 2.36 bits per heavy atom. The molecule has 0 aromatic heterocycles. The zero-order chi connectivity index (χ0) is 15.9. The van der Waals surface area contributed by atoms with Gasteiger partial charge in [0.05, 0.1) is 6.54 Å². The molecule has 2 aromatic carbocycles. The molecule has 2 rings (SSSR count). The molecule has 7 heteroatoms. The van der Waals surface area contributed by atoms with Crippen molar-refractivity contribution in [3.05, 3.63) is 59.9 Å². The molecular formula is C15H13F3N2O2. The van der Waals surface area contributed by atoms with Crippen molar-refractivity contribution in [3.8, 4) is 5.75 Å². The second-order valence-corrected chi connectivity index (χ2v) is 4.31. The minimum Gasteiger partial charge on any atom is -0.489 e. The zero-order valence-corrected chi connectivity index (χ0v) is 11.4. The number of ether oxygens (including phenoxy) is 1. The summed E-state index contributed by atoms with van der Waals surface area (Å²) in [6.07, 6.45) is 0. The van der Waals surface area contributed by atoms with Crippen LogP contribution < -0.4 is 15.4 Å². The van der Waals surface area contributed by atoms with E-state index in [0.717, 1.165) is 6.07 Å². The summed E-state index contributed by atoms with van der Waals surface area (Å²) in [5, 5.41) is 4.97. The number of carbonyl (C=O) groups excluding carboxylic acids is 1. The second-order valence-electron chi connectivity index (χ2n) is 4.31. The van der Waals surface area contributed by atoms with Crippen LogP contribution in [-0.2, 0) is 0 Å². The number of halogens is 3. The predicted molar refractivity (Wildman–Crippen MR) is 75.3 cm³/mol. The van der Waals surface area contributed by atoms with Crippen LogP contribution in [0.5, 0.6) is 5.75 Å². The van der Waals surface area contributed by atoms with Crippen LogP contribution in [0.15, 0.2) is 42.5 Å². The van der Waals surface area contributed by atoms with Gasteiger partial charge in [-0.15, -0.1) is 0 Å². The van der Waals surface area contributed by atoms with Crippen molar-refractivity contribution < 1.29 is 22.7 Å². The maximum Gasteiger partial charge on any atom is 0.319 e. The number of amides is 2. The van der Waals surface area contributed by atoms with Crippen LogP contribution in [0.4, 0.5) is 23.7 Å². The minimum atomic E-state index is -0.809. The molecule has 0 fully saturated rings. The van der Waals surface area contributed by atoms with Gasteiger partial charge in [-0.05, 0) is 36.4 Å². The Morgan fingerprint density at radius 1 is 1.00 bits per heavy atom. The fourth-order valence-electron chi connectivity index (χ4n) is 1.63. The normalized spacial score (nSPS) is 10.1. The quantitative estimate of drug-likeness (QED) is 0.833. The van der Waals surface area contributed by atoms with Gasteiger partial charge in [0.1, 0.15) is 18.2 Å². The van der Waals surface area contributed by atoms with Crippen molar-refractivity contribution in [2.45, 2.75) is 0 Å². The van der Waals surface area contributed by atoms with E-state index in [1.807, 2.05) is 0 Å². The summed E-state index contributed by atoms with van der Waals surface area (Å²) in [4.78, 5) is 11.5. The molecular weight excluding hydrogens is 297 g/mol. The molecule has 0 saturated carbocycles. The lowest BCUT2D eigenvalue weighted by molar-refractivity contribution is 0.246. The van der Waals surface area contributed by atoms with E-state index in [1.54, 1.807) is 0 Å². The Hall–Kier alpha value is -2.70. The van der Waals surface area contributed by atoms with Crippen molar-refractivity contribution >= 4 is 11.7 Å². The first-order valence-electron chi connectivity index (χ1n) is 6.43. The van der Waals surface area contributed by atoms with Crippen molar-refractivity contribution in [3.63, 3.8) is 0 Å². The lowest BCUT2D eigenvalue weighted by Gasteiger charge is -2.09. The Balaban J connectivity index is 1.72. The first kappa shape index (κ1) is 15.7. The Bertz CT molecular complexity index is 648. The summed E-state index contributed by atoms with van der Waals surface area (Å²) < 4.78 is 43.7. The van der Waals surface area contributed by atoms with E-state index >= 15 is 0 Å². The predicted octanol–water partition coefficient (Wildman–Crippen LogP) is 3.30. The summed E-state index contributed by atoms with van der Waals surface area (Å²) in [6.45, 7) is 0.128. The summed E-state index contributed by atoms with van der Waals surface area (Å²) in [7, 11) is 0. The van der Waals surface area contributed by atoms with E-state index in [1.165, 1.54) is 30.3 Å². The highest BCUT2D eigenvalue weighted by atomic mass is 19.1. The molecule has 0 bridgehead atoms. The fourth-order valence-corrected chi connectivity index (χ4v) is 1.63.